The molecule has 2 aromatic carbocycles. The second-order valence-corrected chi connectivity index (χ2v) is 10.4. The molecule has 4 rings (SSSR count). The smallest absolute Gasteiger partial charge is 0.267 e. The Morgan fingerprint density at radius 3 is 2.46 bits per heavy atom. The molecule has 0 bridgehead atoms. The van der Waals surface area contributed by atoms with Gasteiger partial charge in [-0.05, 0) is 35.2 Å². The second-order valence-electron chi connectivity index (χ2n) is 10.4. The van der Waals surface area contributed by atoms with E-state index >= 15 is 0 Å². The summed E-state index contributed by atoms with van der Waals surface area (Å²) >= 11 is 0. The maximum absolute atomic E-state index is 13.2. The summed E-state index contributed by atoms with van der Waals surface area (Å²) in [5.41, 5.74) is 3.35. The molecule has 1 saturated heterocycles. The molecule has 0 atom stereocenters. The van der Waals surface area contributed by atoms with Gasteiger partial charge in [-0.2, -0.15) is 0 Å². The van der Waals surface area contributed by atoms with E-state index in [0.717, 1.165) is 55.0 Å². The number of ether oxygens (including phenoxy) is 1. The number of nitrogens with one attached hydrogen (secondary N) is 2. The Labute approximate surface area is 207 Å². The number of anilines is 1. The van der Waals surface area contributed by atoms with Crippen molar-refractivity contribution in [3.8, 4) is 0 Å². The van der Waals surface area contributed by atoms with Crippen LogP contribution in [0.1, 0.15) is 43.2 Å². The van der Waals surface area contributed by atoms with Crippen molar-refractivity contribution in [2.24, 2.45) is 5.41 Å². The maximum atomic E-state index is 13.2. The number of hydrogen-bond acceptors (Lipinski definition) is 4. The molecule has 7 nitrogen and oxygen atoms in total. The van der Waals surface area contributed by atoms with Crippen molar-refractivity contribution in [1.29, 1.82) is 0 Å². The Kier molecular flexibility index (Phi) is 7.88. The fourth-order valence-electron chi connectivity index (χ4n) is 4.40. The zero-order valence-electron chi connectivity index (χ0n) is 21.0. The highest BCUT2D eigenvalue weighted by molar-refractivity contribution is 6.00. The predicted molar refractivity (Wildman–Crippen MR) is 140 cm³/mol. The summed E-state index contributed by atoms with van der Waals surface area (Å²) in [6, 6.07) is 17.9. The molecule has 0 saturated carbocycles. The number of aromatic nitrogens is 1. The summed E-state index contributed by atoms with van der Waals surface area (Å²) in [6.07, 6.45) is 0.441. The van der Waals surface area contributed by atoms with E-state index in [2.05, 4.69) is 32.2 Å². The van der Waals surface area contributed by atoms with Crippen LogP contribution < -0.4 is 10.6 Å². The van der Waals surface area contributed by atoms with E-state index in [4.69, 9.17) is 4.74 Å². The topological polar surface area (TPSA) is 75.6 Å². The third-order valence-electron chi connectivity index (χ3n) is 6.11. The predicted octanol–water partition coefficient (Wildman–Crippen LogP) is 4.13. The van der Waals surface area contributed by atoms with Gasteiger partial charge in [-0.25, -0.2) is 0 Å². The van der Waals surface area contributed by atoms with Crippen LogP contribution in [-0.2, 0) is 16.1 Å². The molecule has 0 spiro atoms. The number of carbonyl (C=O) groups excluding carboxylic acids is 2. The molecule has 1 aromatic heterocycles. The van der Waals surface area contributed by atoms with E-state index in [1.165, 1.54) is 0 Å². The number of morpholine rings is 1. The van der Waals surface area contributed by atoms with Crippen LogP contribution in [-0.4, -0.2) is 60.7 Å². The van der Waals surface area contributed by atoms with Crippen LogP contribution in [0.3, 0.4) is 0 Å². The van der Waals surface area contributed by atoms with E-state index in [1.807, 2.05) is 63.2 Å². The Bertz CT molecular complexity index is 1160. The average Bonchev–Trinajstić information content (AvgIpc) is 3.16. The summed E-state index contributed by atoms with van der Waals surface area (Å²) in [5.74, 6) is -0.106. The van der Waals surface area contributed by atoms with Crippen LogP contribution in [0.25, 0.3) is 10.9 Å². The Hall–Kier alpha value is -3.16. The minimum atomic E-state index is -0.0938. The zero-order chi connectivity index (χ0) is 24.8. The Morgan fingerprint density at radius 2 is 1.74 bits per heavy atom. The number of hydrogen-bond donors (Lipinski definition) is 2. The molecule has 2 amide bonds. The van der Waals surface area contributed by atoms with Crippen LogP contribution >= 0.6 is 0 Å². The average molecular weight is 477 g/mol. The number of fused-ring (bicyclic) bond motifs is 1. The highest BCUT2D eigenvalue weighted by Crippen LogP contribution is 2.26. The summed E-state index contributed by atoms with van der Waals surface area (Å²) in [5, 5.41) is 7.02. The van der Waals surface area contributed by atoms with Gasteiger partial charge in [0.25, 0.3) is 5.91 Å². The standard InChI is InChI=1S/C28H36N4O3/c1-28(2,3)19-26(33)30-23-9-10-24-22(17-23)18-25(32(24)20-21-7-5-4-6-8-21)27(34)29-11-12-31-13-15-35-16-14-31/h4-10,17-18H,11-16,19-20H2,1-3H3,(H,29,34)(H,30,33). The van der Waals surface area contributed by atoms with E-state index in [1.54, 1.807) is 0 Å². The van der Waals surface area contributed by atoms with Crippen LogP contribution in [0.2, 0.25) is 0 Å². The van der Waals surface area contributed by atoms with Crippen molar-refractivity contribution >= 4 is 28.4 Å². The van der Waals surface area contributed by atoms with E-state index in [-0.39, 0.29) is 17.2 Å². The third-order valence-corrected chi connectivity index (χ3v) is 6.11. The normalized spacial score (nSPS) is 14.7. The molecule has 3 aromatic rings. The second kappa shape index (κ2) is 11.1. The lowest BCUT2D eigenvalue weighted by Crippen LogP contribution is -2.41. The van der Waals surface area contributed by atoms with Crippen LogP contribution in [0.5, 0.6) is 0 Å². The lowest BCUT2D eigenvalue weighted by Gasteiger charge is -2.26. The molecule has 0 aliphatic carbocycles. The van der Waals surface area contributed by atoms with E-state index in [9.17, 15) is 9.59 Å². The van der Waals surface area contributed by atoms with E-state index < -0.39 is 0 Å². The molecule has 1 fully saturated rings. The number of carbonyl (C=O) groups is 2. The molecule has 7 heteroatoms. The first kappa shape index (κ1) is 24.9. The van der Waals surface area contributed by atoms with Gasteiger partial charge in [0, 0.05) is 55.7 Å². The lowest BCUT2D eigenvalue weighted by molar-refractivity contribution is -0.117. The van der Waals surface area contributed by atoms with Crippen molar-refractivity contribution in [3.63, 3.8) is 0 Å². The van der Waals surface area contributed by atoms with Gasteiger partial charge >= 0.3 is 0 Å². The number of rotatable bonds is 8. The highest BCUT2D eigenvalue weighted by atomic mass is 16.5. The van der Waals surface area contributed by atoms with Crippen LogP contribution in [0.4, 0.5) is 5.69 Å². The number of nitrogens with zero attached hydrogens (tertiary/aromatic N) is 2. The molecule has 1 aliphatic heterocycles. The van der Waals surface area contributed by atoms with Crippen molar-refractivity contribution in [2.45, 2.75) is 33.7 Å². The molecule has 0 radical (unpaired) electrons. The van der Waals surface area contributed by atoms with Gasteiger partial charge < -0.3 is 19.9 Å². The van der Waals surface area contributed by atoms with Crippen LogP contribution in [0, 0.1) is 5.41 Å². The van der Waals surface area contributed by atoms with Crippen molar-refractivity contribution < 1.29 is 14.3 Å². The summed E-state index contributed by atoms with van der Waals surface area (Å²) in [4.78, 5) is 28.0. The molecule has 2 N–H and O–H groups in total. The molecule has 186 valence electrons. The van der Waals surface area contributed by atoms with Gasteiger partial charge in [0.1, 0.15) is 5.69 Å². The summed E-state index contributed by atoms with van der Waals surface area (Å²) < 4.78 is 7.45. The number of amides is 2. The molecule has 0 unspecified atom stereocenters. The largest absolute Gasteiger partial charge is 0.379 e. The summed E-state index contributed by atoms with van der Waals surface area (Å²) in [6.45, 7) is 11.4. The first-order chi connectivity index (χ1) is 16.8. The van der Waals surface area contributed by atoms with Gasteiger partial charge in [0.15, 0.2) is 0 Å². The zero-order valence-corrected chi connectivity index (χ0v) is 21.0. The highest BCUT2D eigenvalue weighted by Gasteiger charge is 2.19. The van der Waals surface area contributed by atoms with Crippen molar-refractivity contribution in [1.82, 2.24) is 14.8 Å². The molecule has 2 heterocycles. The van der Waals surface area contributed by atoms with Gasteiger partial charge in [0.2, 0.25) is 5.91 Å². The summed E-state index contributed by atoms with van der Waals surface area (Å²) in [7, 11) is 0. The molecule has 35 heavy (non-hydrogen) atoms. The first-order valence-corrected chi connectivity index (χ1v) is 12.3. The first-order valence-electron chi connectivity index (χ1n) is 12.3. The van der Waals surface area contributed by atoms with Crippen LogP contribution in [0.15, 0.2) is 54.6 Å². The molecular weight excluding hydrogens is 440 g/mol. The lowest BCUT2D eigenvalue weighted by atomic mass is 9.92. The fraction of sp³-hybridized carbons (Fsp3) is 0.429. The minimum Gasteiger partial charge on any atom is -0.379 e. The van der Waals surface area contributed by atoms with Gasteiger partial charge in [0.05, 0.1) is 13.2 Å². The fourth-order valence-corrected chi connectivity index (χ4v) is 4.40. The van der Waals surface area contributed by atoms with Gasteiger partial charge in [-0.3, -0.25) is 14.5 Å². The number of benzene rings is 2. The third kappa shape index (κ3) is 6.93. The monoisotopic (exact) mass is 476 g/mol. The van der Waals surface area contributed by atoms with Gasteiger partial charge in [-0.15, -0.1) is 0 Å². The van der Waals surface area contributed by atoms with Crippen molar-refractivity contribution in [3.05, 3.63) is 65.9 Å². The van der Waals surface area contributed by atoms with Crippen molar-refractivity contribution in [2.75, 3.05) is 44.7 Å². The Balaban J connectivity index is 1.55. The Morgan fingerprint density at radius 1 is 1.00 bits per heavy atom. The van der Waals surface area contributed by atoms with Gasteiger partial charge in [-0.1, -0.05) is 51.1 Å². The quantitative estimate of drug-likeness (QED) is 0.513. The SMILES string of the molecule is CC(C)(C)CC(=O)Nc1ccc2c(c1)cc(C(=O)NCCN1CCOCC1)n2Cc1ccccc1. The maximum Gasteiger partial charge on any atom is 0.267 e. The molecule has 1 aliphatic rings. The minimum absolute atomic E-state index is 0.0124. The molecular formula is C28H36N4O3. The van der Waals surface area contributed by atoms with E-state index in [0.29, 0.717) is 25.2 Å².